The van der Waals surface area contributed by atoms with Gasteiger partial charge < -0.3 is 9.72 Å². The zero-order valence-corrected chi connectivity index (χ0v) is 11.6. The van der Waals surface area contributed by atoms with Crippen molar-refractivity contribution in [3.05, 3.63) is 46.4 Å². The van der Waals surface area contributed by atoms with Crippen LogP contribution in [-0.4, -0.2) is 17.1 Å². The highest BCUT2D eigenvalue weighted by atomic mass is 35.5. The van der Waals surface area contributed by atoms with Gasteiger partial charge in [0, 0.05) is 17.7 Å². The van der Waals surface area contributed by atoms with E-state index >= 15 is 0 Å². The van der Waals surface area contributed by atoms with Crippen LogP contribution >= 0.6 is 23.2 Å². The van der Waals surface area contributed by atoms with Gasteiger partial charge in [-0.1, -0.05) is 35.3 Å². The topological polar surface area (TPSA) is 37.9 Å². The van der Waals surface area contributed by atoms with E-state index in [0.717, 1.165) is 11.1 Å². The van der Waals surface area contributed by atoms with E-state index in [9.17, 15) is 0 Å². The lowest BCUT2D eigenvalue weighted by Gasteiger charge is -1.99. The minimum Gasteiger partial charge on any atom is -0.497 e. The smallest absolute Gasteiger partial charge is 0.140 e. The second-order valence-electron chi connectivity index (χ2n) is 4.07. The average molecular weight is 293 g/mol. The Morgan fingerprint density at radius 3 is 2.63 bits per heavy atom. The number of H-pyrrole nitrogens is 1. The summed E-state index contributed by atoms with van der Waals surface area (Å²) in [5.41, 5.74) is 2.37. The fourth-order valence-electron chi connectivity index (χ4n) is 1.95. The summed E-state index contributed by atoms with van der Waals surface area (Å²) in [6.45, 7) is 0. The third-order valence-electron chi connectivity index (χ3n) is 2.88. The molecule has 3 aromatic rings. The van der Waals surface area contributed by atoms with E-state index in [-0.39, 0.29) is 0 Å². The van der Waals surface area contributed by atoms with Crippen LogP contribution in [0.5, 0.6) is 5.75 Å². The molecule has 3 nitrogen and oxygen atoms in total. The molecule has 0 bridgehead atoms. The van der Waals surface area contributed by atoms with Crippen molar-refractivity contribution in [2.75, 3.05) is 7.11 Å². The highest BCUT2D eigenvalue weighted by Gasteiger charge is 2.11. The number of aromatic amines is 1. The molecule has 0 amide bonds. The summed E-state index contributed by atoms with van der Waals surface area (Å²) < 4.78 is 5.18. The minimum absolute atomic E-state index is 0.545. The Labute approximate surface area is 120 Å². The number of benzene rings is 2. The molecule has 0 unspecified atom stereocenters. The third-order valence-corrected chi connectivity index (χ3v) is 3.50. The van der Waals surface area contributed by atoms with Crippen molar-refractivity contribution in [3.8, 4) is 17.1 Å². The first-order chi connectivity index (χ1) is 9.19. The van der Waals surface area contributed by atoms with E-state index in [1.54, 1.807) is 13.2 Å². The van der Waals surface area contributed by atoms with Crippen LogP contribution in [-0.2, 0) is 0 Å². The summed E-state index contributed by atoms with van der Waals surface area (Å²) in [6.07, 6.45) is 0. The zero-order valence-electron chi connectivity index (χ0n) is 10.1. The van der Waals surface area contributed by atoms with Gasteiger partial charge in [-0.05, 0) is 12.1 Å². The van der Waals surface area contributed by atoms with E-state index in [0.29, 0.717) is 27.1 Å². The lowest BCUT2D eigenvalue weighted by Crippen LogP contribution is -1.82. The van der Waals surface area contributed by atoms with Gasteiger partial charge >= 0.3 is 0 Å². The molecule has 3 rings (SSSR count). The van der Waals surface area contributed by atoms with Crippen molar-refractivity contribution in [2.45, 2.75) is 0 Å². The number of aromatic nitrogens is 2. The third kappa shape index (κ3) is 2.15. The van der Waals surface area contributed by atoms with Crippen LogP contribution in [0.15, 0.2) is 36.4 Å². The van der Waals surface area contributed by atoms with Crippen molar-refractivity contribution in [1.82, 2.24) is 9.97 Å². The van der Waals surface area contributed by atoms with Gasteiger partial charge in [-0.25, -0.2) is 4.98 Å². The van der Waals surface area contributed by atoms with Gasteiger partial charge in [-0.15, -0.1) is 0 Å². The summed E-state index contributed by atoms with van der Waals surface area (Å²) in [5.74, 6) is 1.38. The van der Waals surface area contributed by atoms with E-state index < -0.39 is 0 Å². The number of ether oxygens (including phenoxy) is 1. The molecule has 19 heavy (non-hydrogen) atoms. The molecule has 0 fully saturated rings. The van der Waals surface area contributed by atoms with Gasteiger partial charge in [0.15, 0.2) is 0 Å². The number of hydrogen-bond donors (Lipinski definition) is 1. The number of imidazole rings is 1. The molecule has 0 aliphatic carbocycles. The molecule has 0 aliphatic rings. The van der Waals surface area contributed by atoms with Crippen LogP contribution in [0.4, 0.5) is 0 Å². The molecule has 1 heterocycles. The van der Waals surface area contributed by atoms with E-state index in [1.807, 2.05) is 30.3 Å². The monoisotopic (exact) mass is 292 g/mol. The molecule has 1 N–H and O–H groups in total. The number of nitrogens with zero attached hydrogens (tertiary/aromatic N) is 1. The highest BCUT2D eigenvalue weighted by Crippen LogP contribution is 2.32. The van der Waals surface area contributed by atoms with Crippen molar-refractivity contribution in [2.24, 2.45) is 0 Å². The first-order valence-electron chi connectivity index (χ1n) is 5.67. The maximum Gasteiger partial charge on any atom is 0.140 e. The summed E-state index contributed by atoms with van der Waals surface area (Å²) in [6, 6.07) is 11.1. The van der Waals surface area contributed by atoms with Crippen LogP contribution in [0.2, 0.25) is 10.0 Å². The molecular formula is C14H10Cl2N2O. The van der Waals surface area contributed by atoms with E-state index in [2.05, 4.69) is 9.97 Å². The van der Waals surface area contributed by atoms with Crippen molar-refractivity contribution < 1.29 is 4.74 Å². The van der Waals surface area contributed by atoms with Crippen molar-refractivity contribution in [3.63, 3.8) is 0 Å². The Bertz CT molecular complexity index is 752. The predicted molar refractivity (Wildman–Crippen MR) is 78.1 cm³/mol. The number of methoxy groups -OCH3 is 1. The Kier molecular flexibility index (Phi) is 3.09. The van der Waals surface area contributed by atoms with Gasteiger partial charge in [-0.2, -0.15) is 0 Å². The van der Waals surface area contributed by atoms with Crippen molar-refractivity contribution in [1.29, 1.82) is 0 Å². The molecule has 0 spiro atoms. The lowest BCUT2D eigenvalue weighted by atomic mass is 10.2. The van der Waals surface area contributed by atoms with Crippen LogP contribution in [0.1, 0.15) is 0 Å². The Hall–Kier alpha value is -1.71. The molecular weight excluding hydrogens is 283 g/mol. The Morgan fingerprint density at radius 1 is 1.11 bits per heavy atom. The Balaban J connectivity index is 2.22. The predicted octanol–water partition coefficient (Wildman–Crippen LogP) is 4.55. The van der Waals surface area contributed by atoms with E-state index in [1.165, 1.54) is 0 Å². The molecule has 2 aromatic carbocycles. The molecule has 0 radical (unpaired) electrons. The number of fused-ring (bicyclic) bond motifs is 1. The summed E-state index contributed by atoms with van der Waals surface area (Å²) in [7, 11) is 1.60. The second-order valence-corrected chi connectivity index (χ2v) is 4.89. The van der Waals surface area contributed by atoms with Crippen LogP contribution in [0, 0.1) is 0 Å². The van der Waals surface area contributed by atoms with Gasteiger partial charge in [-0.3, -0.25) is 0 Å². The number of nitrogens with one attached hydrogen (secondary N) is 1. The van der Waals surface area contributed by atoms with Gasteiger partial charge in [0.1, 0.15) is 17.1 Å². The first kappa shape index (κ1) is 12.3. The normalized spacial score (nSPS) is 10.9. The standard InChI is InChI=1S/C14H10Cl2N2O/c1-19-8-6-11(16)13-12(7-8)17-14(18-13)9-4-2-3-5-10(9)15/h2-7H,1H3,(H,17,18). The summed E-state index contributed by atoms with van der Waals surface area (Å²) >= 11 is 12.4. The lowest BCUT2D eigenvalue weighted by molar-refractivity contribution is 0.415. The van der Waals surface area contributed by atoms with Gasteiger partial charge in [0.25, 0.3) is 0 Å². The number of hydrogen-bond acceptors (Lipinski definition) is 2. The van der Waals surface area contributed by atoms with Crippen molar-refractivity contribution >= 4 is 34.2 Å². The highest BCUT2D eigenvalue weighted by molar-refractivity contribution is 6.35. The summed E-state index contributed by atoms with van der Waals surface area (Å²) in [5, 5.41) is 1.19. The average Bonchev–Trinajstić information content (AvgIpc) is 2.83. The first-order valence-corrected chi connectivity index (χ1v) is 6.43. The minimum atomic E-state index is 0.545. The quantitative estimate of drug-likeness (QED) is 0.753. The maximum atomic E-state index is 6.19. The fourth-order valence-corrected chi connectivity index (χ4v) is 2.43. The fraction of sp³-hybridized carbons (Fsp3) is 0.0714. The van der Waals surface area contributed by atoms with E-state index in [4.69, 9.17) is 27.9 Å². The van der Waals surface area contributed by atoms with Crippen LogP contribution in [0.3, 0.4) is 0 Å². The largest absolute Gasteiger partial charge is 0.497 e. The van der Waals surface area contributed by atoms with Crippen LogP contribution in [0.25, 0.3) is 22.4 Å². The number of halogens is 2. The molecule has 5 heteroatoms. The summed E-state index contributed by atoms with van der Waals surface area (Å²) in [4.78, 5) is 7.70. The molecule has 0 atom stereocenters. The van der Waals surface area contributed by atoms with Crippen LogP contribution < -0.4 is 4.74 Å². The molecule has 1 aromatic heterocycles. The SMILES string of the molecule is COc1cc(Cl)c2nc(-c3ccccc3Cl)[nH]c2c1. The number of rotatable bonds is 2. The molecule has 0 saturated carbocycles. The maximum absolute atomic E-state index is 6.19. The van der Waals surface area contributed by atoms with Gasteiger partial charge in [0.05, 0.1) is 22.7 Å². The molecule has 0 aliphatic heterocycles. The second kappa shape index (κ2) is 4.76. The zero-order chi connectivity index (χ0) is 13.4. The Morgan fingerprint density at radius 2 is 1.89 bits per heavy atom. The molecule has 96 valence electrons. The molecule has 0 saturated heterocycles. The van der Waals surface area contributed by atoms with Gasteiger partial charge in [0.2, 0.25) is 0 Å².